The molecule has 0 aliphatic heterocycles. The predicted molar refractivity (Wildman–Crippen MR) is 92.5 cm³/mol. The van der Waals surface area contributed by atoms with Crippen LogP contribution >= 0.6 is 0 Å². The minimum Gasteiger partial charge on any atom is -0.389 e. The Bertz CT molecular complexity index is 849. The maximum atomic E-state index is 11.2. The first-order valence-corrected chi connectivity index (χ1v) is 8.10. The highest BCUT2D eigenvalue weighted by Crippen LogP contribution is 2.22. The third kappa shape index (κ3) is 3.31. The van der Waals surface area contributed by atoms with Gasteiger partial charge in [-0.05, 0) is 36.1 Å². The number of rotatable bonds is 6. The summed E-state index contributed by atoms with van der Waals surface area (Å²) in [4.78, 5) is 14.1. The molecule has 0 saturated carbocycles. The van der Waals surface area contributed by atoms with E-state index >= 15 is 0 Å². The van der Waals surface area contributed by atoms with Crippen molar-refractivity contribution in [1.82, 2.24) is 4.98 Å². The minimum absolute atomic E-state index is 0.131. The van der Waals surface area contributed by atoms with Gasteiger partial charge in [0.05, 0.1) is 6.10 Å². The topological polar surface area (TPSA) is 83.0 Å². The Kier molecular flexibility index (Phi) is 4.62. The zero-order chi connectivity index (χ0) is 17.1. The molecular formula is C19H22N3O2+. The van der Waals surface area contributed by atoms with Crippen LogP contribution in [0.5, 0.6) is 0 Å². The number of carbonyl (C=O) groups is 1. The molecule has 0 radical (unpaired) electrons. The van der Waals surface area contributed by atoms with Gasteiger partial charge in [0, 0.05) is 0 Å². The molecule has 5 heteroatoms. The monoisotopic (exact) mass is 324 g/mol. The summed E-state index contributed by atoms with van der Waals surface area (Å²) in [7, 11) is 0. The van der Waals surface area contributed by atoms with E-state index in [1.165, 1.54) is 16.3 Å². The second-order valence-corrected chi connectivity index (χ2v) is 6.11. The molecule has 1 amide bonds. The van der Waals surface area contributed by atoms with Crippen molar-refractivity contribution in [2.75, 3.05) is 0 Å². The fraction of sp³-hybridized carbons (Fsp3) is 0.263. The summed E-state index contributed by atoms with van der Waals surface area (Å²) in [5, 5.41) is 12.6. The van der Waals surface area contributed by atoms with Gasteiger partial charge in [-0.2, -0.15) is 0 Å². The van der Waals surface area contributed by atoms with Crippen LogP contribution in [0.25, 0.3) is 10.8 Å². The second kappa shape index (κ2) is 6.84. The molecule has 124 valence electrons. The molecule has 0 saturated heterocycles. The molecular weight excluding hydrogens is 302 g/mol. The molecule has 2 aromatic carbocycles. The van der Waals surface area contributed by atoms with Gasteiger partial charge in [-0.25, -0.2) is 9.55 Å². The Labute approximate surface area is 140 Å². The van der Waals surface area contributed by atoms with Crippen molar-refractivity contribution in [1.29, 1.82) is 0 Å². The minimum atomic E-state index is -0.540. The molecule has 4 N–H and O–H groups in total. The Morgan fingerprint density at radius 3 is 2.71 bits per heavy atom. The van der Waals surface area contributed by atoms with Crippen LogP contribution in [0.2, 0.25) is 0 Å². The van der Waals surface area contributed by atoms with Crippen molar-refractivity contribution in [2.24, 2.45) is 5.73 Å². The summed E-state index contributed by atoms with van der Waals surface area (Å²) in [5.74, 6) is -0.507. The molecule has 3 aromatic rings. The Balaban J connectivity index is 1.82. The fourth-order valence-electron chi connectivity index (χ4n) is 3.15. The smallest absolute Gasteiger partial charge is 0.292 e. The number of aryl methyl sites for hydroxylation is 1. The summed E-state index contributed by atoms with van der Waals surface area (Å²) >= 11 is 0. The third-order valence-corrected chi connectivity index (χ3v) is 4.44. The van der Waals surface area contributed by atoms with Gasteiger partial charge in [0.2, 0.25) is 12.0 Å². The first-order chi connectivity index (χ1) is 11.6. The van der Waals surface area contributed by atoms with Crippen molar-refractivity contribution in [3.05, 3.63) is 66.2 Å². The van der Waals surface area contributed by atoms with Crippen molar-refractivity contribution < 1.29 is 14.5 Å². The predicted octanol–water partition coefficient (Wildman–Crippen LogP) is 2.11. The van der Waals surface area contributed by atoms with Crippen LogP contribution in [-0.2, 0) is 6.42 Å². The van der Waals surface area contributed by atoms with Crippen LogP contribution in [-0.4, -0.2) is 22.1 Å². The average Bonchev–Trinajstić information content (AvgIpc) is 3.05. The van der Waals surface area contributed by atoms with E-state index in [-0.39, 0.29) is 6.04 Å². The van der Waals surface area contributed by atoms with Gasteiger partial charge >= 0.3 is 0 Å². The van der Waals surface area contributed by atoms with Gasteiger partial charge < -0.3 is 10.8 Å². The van der Waals surface area contributed by atoms with Crippen LogP contribution in [0.4, 0.5) is 0 Å². The number of hydrogen-bond donors (Lipinski definition) is 3. The zero-order valence-electron chi connectivity index (χ0n) is 13.6. The molecule has 0 fully saturated rings. The number of imidazole rings is 1. The van der Waals surface area contributed by atoms with E-state index in [0.29, 0.717) is 5.69 Å². The van der Waals surface area contributed by atoms with Crippen LogP contribution in [0.15, 0.2) is 55.0 Å². The molecule has 3 rings (SSSR count). The Morgan fingerprint density at radius 2 is 2.00 bits per heavy atom. The fourth-order valence-corrected chi connectivity index (χ4v) is 3.15. The lowest BCUT2D eigenvalue weighted by molar-refractivity contribution is -0.729. The highest BCUT2D eigenvalue weighted by Gasteiger charge is 2.24. The number of H-pyrrole nitrogens is 1. The van der Waals surface area contributed by atoms with Gasteiger partial charge in [0.15, 0.2) is 0 Å². The lowest BCUT2D eigenvalue weighted by Crippen LogP contribution is -2.43. The van der Waals surface area contributed by atoms with Crippen molar-refractivity contribution in [3.8, 4) is 0 Å². The maximum absolute atomic E-state index is 11.2. The van der Waals surface area contributed by atoms with E-state index in [0.717, 1.165) is 12.8 Å². The van der Waals surface area contributed by atoms with Gasteiger partial charge in [-0.15, -0.1) is 0 Å². The van der Waals surface area contributed by atoms with E-state index in [2.05, 4.69) is 35.3 Å². The Hall–Kier alpha value is -2.66. The van der Waals surface area contributed by atoms with Crippen LogP contribution < -0.4 is 10.3 Å². The van der Waals surface area contributed by atoms with Crippen molar-refractivity contribution in [2.45, 2.75) is 31.9 Å². The van der Waals surface area contributed by atoms with E-state index in [1.54, 1.807) is 19.4 Å². The number of primary amides is 1. The number of nitrogens with zero attached hydrogens (tertiary/aromatic N) is 1. The number of aromatic nitrogens is 2. The number of nitrogens with one attached hydrogen (secondary N) is 1. The largest absolute Gasteiger partial charge is 0.389 e. The Morgan fingerprint density at radius 1 is 1.25 bits per heavy atom. The standard InChI is InChI=1S/C19H21N3O2/c1-13(23)18(22-11-17(19(20)24)21-12-22)10-9-15-7-4-6-14-5-2-3-8-16(14)15/h2-8,11-13,18,23H,9-10H2,1H3,(H2,20,24)/p+1/t13-,18+/m0/s1. The van der Waals surface area contributed by atoms with Crippen LogP contribution in [0, 0.1) is 0 Å². The number of nitrogens with two attached hydrogens (primary N) is 1. The summed E-state index contributed by atoms with van der Waals surface area (Å²) < 4.78 is 1.83. The lowest BCUT2D eigenvalue weighted by Gasteiger charge is -2.17. The number of fused-ring (bicyclic) bond motifs is 1. The quantitative estimate of drug-likeness (QED) is 0.607. The normalized spacial score (nSPS) is 13.8. The molecule has 0 aliphatic carbocycles. The molecule has 0 bridgehead atoms. The van der Waals surface area contributed by atoms with Crippen LogP contribution in [0.1, 0.15) is 35.4 Å². The number of amides is 1. The average molecular weight is 324 g/mol. The number of hydrogen-bond acceptors (Lipinski definition) is 2. The van der Waals surface area contributed by atoms with Crippen molar-refractivity contribution >= 4 is 16.7 Å². The van der Waals surface area contributed by atoms with E-state index < -0.39 is 12.0 Å². The van der Waals surface area contributed by atoms with E-state index in [1.807, 2.05) is 16.7 Å². The molecule has 0 aliphatic rings. The number of aromatic amines is 1. The highest BCUT2D eigenvalue weighted by atomic mass is 16.3. The second-order valence-electron chi connectivity index (χ2n) is 6.11. The molecule has 1 aromatic heterocycles. The molecule has 1 heterocycles. The number of aliphatic hydroxyl groups is 1. The van der Waals surface area contributed by atoms with E-state index in [9.17, 15) is 9.90 Å². The van der Waals surface area contributed by atoms with E-state index in [4.69, 9.17) is 5.73 Å². The van der Waals surface area contributed by atoms with Crippen molar-refractivity contribution in [3.63, 3.8) is 0 Å². The first-order valence-electron chi connectivity index (χ1n) is 8.10. The van der Waals surface area contributed by atoms with Gasteiger partial charge in [0.1, 0.15) is 12.2 Å². The molecule has 0 unspecified atom stereocenters. The molecule has 0 spiro atoms. The summed E-state index contributed by atoms with van der Waals surface area (Å²) in [6.07, 6.45) is 4.39. The lowest BCUT2D eigenvalue weighted by atomic mass is 9.97. The first kappa shape index (κ1) is 16.2. The summed E-state index contributed by atoms with van der Waals surface area (Å²) in [6, 6.07) is 14.5. The molecule has 2 atom stereocenters. The highest BCUT2D eigenvalue weighted by molar-refractivity contribution is 5.90. The van der Waals surface area contributed by atoms with Crippen LogP contribution in [0.3, 0.4) is 0 Å². The molecule has 24 heavy (non-hydrogen) atoms. The SMILES string of the molecule is C[C@H](O)[C@@H](CCc1cccc2ccccc12)[n+]1c[nH]c(C(N)=O)c1. The molecule has 5 nitrogen and oxygen atoms in total. The summed E-state index contributed by atoms with van der Waals surface area (Å²) in [6.45, 7) is 1.76. The number of aliphatic hydroxyl groups excluding tert-OH is 1. The summed E-state index contributed by atoms with van der Waals surface area (Å²) in [5.41, 5.74) is 6.88. The number of carbonyl (C=O) groups excluding carboxylic acids is 1. The maximum Gasteiger partial charge on any atom is 0.292 e. The zero-order valence-corrected chi connectivity index (χ0v) is 13.6. The number of benzene rings is 2. The van der Waals surface area contributed by atoms with Gasteiger partial charge in [-0.1, -0.05) is 42.5 Å². The van der Waals surface area contributed by atoms with Gasteiger partial charge in [0.25, 0.3) is 5.91 Å². The third-order valence-electron chi connectivity index (χ3n) is 4.44. The van der Waals surface area contributed by atoms with Gasteiger partial charge in [-0.3, -0.25) is 4.79 Å².